The van der Waals surface area contributed by atoms with Gasteiger partial charge in [0, 0.05) is 25.7 Å². The van der Waals surface area contributed by atoms with Crippen molar-refractivity contribution in [3.05, 3.63) is 65.7 Å². The van der Waals surface area contributed by atoms with Crippen molar-refractivity contribution in [1.82, 2.24) is 10.2 Å². The van der Waals surface area contributed by atoms with E-state index in [0.717, 1.165) is 31.6 Å². The maximum Gasteiger partial charge on any atom is 0.258 e. The molecule has 1 fully saturated rings. The van der Waals surface area contributed by atoms with Crippen molar-refractivity contribution in [1.29, 1.82) is 0 Å². The normalized spacial score (nSPS) is 21.1. The van der Waals surface area contributed by atoms with E-state index in [9.17, 15) is 9.90 Å². The standard InChI is InChI=1S/C23H30N2O3/c1-17-14-25(15-19-6-4-3-5-7-19)13-12-22(17)24-23(27)16-28-21-10-8-20(9-11-21)18(2)26/h3-11,17-18,22,26H,12-16H2,1-2H3,(H,24,27). The number of likely N-dealkylation sites (tertiary alicyclic amines) is 1. The lowest BCUT2D eigenvalue weighted by Gasteiger charge is -2.37. The molecule has 0 radical (unpaired) electrons. The van der Waals surface area contributed by atoms with E-state index >= 15 is 0 Å². The van der Waals surface area contributed by atoms with Crippen LogP contribution >= 0.6 is 0 Å². The Kier molecular flexibility index (Phi) is 7.06. The van der Waals surface area contributed by atoms with Gasteiger partial charge in [-0.1, -0.05) is 49.4 Å². The molecule has 2 aromatic carbocycles. The monoisotopic (exact) mass is 382 g/mol. The number of carbonyl (C=O) groups is 1. The molecule has 1 amide bonds. The van der Waals surface area contributed by atoms with Crippen molar-refractivity contribution in [2.75, 3.05) is 19.7 Å². The highest BCUT2D eigenvalue weighted by molar-refractivity contribution is 5.77. The number of amides is 1. The second-order valence-corrected chi connectivity index (χ2v) is 7.69. The lowest BCUT2D eigenvalue weighted by Crippen LogP contribution is -2.50. The summed E-state index contributed by atoms with van der Waals surface area (Å²) in [6.07, 6.45) is 0.439. The molecule has 3 rings (SSSR count). The molecule has 2 N–H and O–H groups in total. The van der Waals surface area contributed by atoms with Gasteiger partial charge in [0.25, 0.3) is 5.91 Å². The van der Waals surface area contributed by atoms with Crippen LogP contribution in [0.2, 0.25) is 0 Å². The van der Waals surface area contributed by atoms with Crippen molar-refractivity contribution in [2.45, 2.75) is 39.0 Å². The highest BCUT2D eigenvalue weighted by Gasteiger charge is 2.27. The summed E-state index contributed by atoms with van der Waals surface area (Å²) in [5, 5.41) is 12.7. The lowest BCUT2D eigenvalue weighted by atomic mass is 9.93. The molecule has 0 spiro atoms. The summed E-state index contributed by atoms with van der Waals surface area (Å²) < 4.78 is 5.58. The number of nitrogens with zero attached hydrogens (tertiary/aromatic N) is 1. The van der Waals surface area contributed by atoms with Crippen LogP contribution in [-0.4, -0.2) is 41.7 Å². The summed E-state index contributed by atoms with van der Waals surface area (Å²) in [7, 11) is 0. The maximum atomic E-state index is 12.3. The lowest BCUT2D eigenvalue weighted by molar-refractivity contribution is -0.124. The van der Waals surface area contributed by atoms with Crippen LogP contribution in [0.1, 0.15) is 37.5 Å². The zero-order valence-corrected chi connectivity index (χ0v) is 16.7. The van der Waals surface area contributed by atoms with Gasteiger partial charge in [-0.15, -0.1) is 0 Å². The number of hydrogen-bond donors (Lipinski definition) is 2. The molecule has 5 nitrogen and oxygen atoms in total. The van der Waals surface area contributed by atoms with Gasteiger partial charge >= 0.3 is 0 Å². The molecule has 1 aliphatic heterocycles. The molecule has 1 aliphatic rings. The van der Waals surface area contributed by atoms with Crippen LogP contribution in [0, 0.1) is 5.92 Å². The molecule has 1 heterocycles. The van der Waals surface area contributed by atoms with E-state index < -0.39 is 6.10 Å². The van der Waals surface area contributed by atoms with Crippen molar-refractivity contribution in [3.63, 3.8) is 0 Å². The van der Waals surface area contributed by atoms with Gasteiger partial charge in [-0.3, -0.25) is 9.69 Å². The first kappa shape index (κ1) is 20.4. The SMILES string of the molecule is CC(O)c1ccc(OCC(=O)NC2CCN(Cc3ccccc3)CC2C)cc1. The number of aliphatic hydroxyl groups excluding tert-OH is 1. The third-order valence-electron chi connectivity index (χ3n) is 5.32. The molecule has 0 aliphatic carbocycles. The molecule has 5 heteroatoms. The van der Waals surface area contributed by atoms with E-state index in [-0.39, 0.29) is 18.6 Å². The fraction of sp³-hybridized carbons (Fsp3) is 0.435. The van der Waals surface area contributed by atoms with Gasteiger partial charge in [0.15, 0.2) is 6.61 Å². The number of aliphatic hydroxyl groups is 1. The highest BCUT2D eigenvalue weighted by atomic mass is 16.5. The minimum absolute atomic E-state index is 0.00494. The van der Waals surface area contributed by atoms with Crippen molar-refractivity contribution in [2.24, 2.45) is 5.92 Å². The summed E-state index contributed by atoms with van der Waals surface area (Å²) in [6, 6.07) is 17.9. The Labute approximate surface area is 167 Å². The summed E-state index contributed by atoms with van der Waals surface area (Å²) >= 11 is 0. The number of nitrogens with one attached hydrogen (secondary N) is 1. The van der Waals surface area contributed by atoms with E-state index in [0.29, 0.717) is 11.7 Å². The second-order valence-electron chi connectivity index (χ2n) is 7.69. The van der Waals surface area contributed by atoms with Gasteiger partial charge in [0.2, 0.25) is 0 Å². The topological polar surface area (TPSA) is 61.8 Å². The molecule has 0 saturated carbocycles. The van der Waals surface area contributed by atoms with Crippen LogP contribution in [-0.2, 0) is 11.3 Å². The van der Waals surface area contributed by atoms with Gasteiger partial charge in [-0.05, 0) is 42.5 Å². The largest absolute Gasteiger partial charge is 0.484 e. The van der Waals surface area contributed by atoms with Gasteiger partial charge in [-0.25, -0.2) is 0 Å². The Bertz CT molecular complexity index is 746. The van der Waals surface area contributed by atoms with Crippen molar-refractivity contribution in [3.8, 4) is 5.75 Å². The van der Waals surface area contributed by atoms with Crippen LogP contribution in [0.3, 0.4) is 0 Å². The predicted octanol–water partition coefficient (Wildman–Crippen LogP) is 3.15. The number of carbonyl (C=O) groups excluding carboxylic acids is 1. The number of benzene rings is 2. The van der Waals surface area contributed by atoms with E-state index in [1.807, 2.05) is 18.2 Å². The minimum atomic E-state index is -0.508. The minimum Gasteiger partial charge on any atom is -0.484 e. The average Bonchev–Trinajstić information content (AvgIpc) is 2.69. The third kappa shape index (κ3) is 5.81. The Morgan fingerprint density at radius 3 is 2.57 bits per heavy atom. The summed E-state index contributed by atoms with van der Waals surface area (Å²) in [5.74, 6) is 0.935. The maximum absolute atomic E-state index is 12.3. The summed E-state index contributed by atoms with van der Waals surface area (Å²) in [5.41, 5.74) is 2.15. The predicted molar refractivity (Wildman–Crippen MR) is 110 cm³/mol. The number of hydrogen-bond acceptors (Lipinski definition) is 4. The first-order chi connectivity index (χ1) is 13.5. The van der Waals surface area contributed by atoms with Gasteiger partial charge in [0.1, 0.15) is 5.75 Å². The zero-order valence-electron chi connectivity index (χ0n) is 16.7. The van der Waals surface area contributed by atoms with E-state index in [1.54, 1.807) is 19.1 Å². The van der Waals surface area contributed by atoms with Crippen LogP contribution < -0.4 is 10.1 Å². The fourth-order valence-corrected chi connectivity index (χ4v) is 3.67. The van der Waals surface area contributed by atoms with Crippen LogP contribution in [0.25, 0.3) is 0 Å². The Morgan fingerprint density at radius 2 is 1.93 bits per heavy atom. The van der Waals surface area contributed by atoms with Gasteiger partial charge in [-0.2, -0.15) is 0 Å². The molecule has 0 bridgehead atoms. The molecular weight excluding hydrogens is 352 g/mol. The molecular formula is C23H30N2O3. The zero-order chi connectivity index (χ0) is 19.9. The van der Waals surface area contributed by atoms with E-state index in [2.05, 4.69) is 41.4 Å². The molecule has 1 saturated heterocycles. The first-order valence-corrected chi connectivity index (χ1v) is 9.97. The number of piperidine rings is 1. The smallest absolute Gasteiger partial charge is 0.258 e. The molecule has 28 heavy (non-hydrogen) atoms. The summed E-state index contributed by atoms with van der Waals surface area (Å²) in [4.78, 5) is 14.7. The quantitative estimate of drug-likeness (QED) is 0.772. The molecule has 2 aromatic rings. The Hall–Kier alpha value is -2.37. The van der Waals surface area contributed by atoms with Crippen LogP contribution in [0.5, 0.6) is 5.75 Å². The van der Waals surface area contributed by atoms with Gasteiger partial charge < -0.3 is 15.2 Å². The highest BCUT2D eigenvalue weighted by Crippen LogP contribution is 2.20. The van der Waals surface area contributed by atoms with Crippen molar-refractivity contribution >= 4 is 5.91 Å². The fourth-order valence-electron chi connectivity index (χ4n) is 3.67. The van der Waals surface area contributed by atoms with E-state index in [1.165, 1.54) is 5.56 Å². The van der Waals surface area contributed by atoms with Crippen molar-refractivity contribution < 1.29 is 14.6 Å². The Morgan fingerprint density at radius 1 is 1.21 bits per heavy atom. The average molecular weight is 383 g/mol. The van der Waals surface area contributed by atoms with Crippen LogP contribution in [0.15, 0.2) is 54.6 Å². The molecule has 0 aromatic heterocycles. The number of ether oxygens (including phenoxy) is 1. The summed E-state index contributed by atoms with van der Waals surface area (Å²) in [6.45, 7) is 6.82. The first-order valence-electron chi connectivity index (χ1n) is 9.97. The van der Waals surface area contributed by atoms with Gasteiger partial charge in [0.05, 0.1) is 6.10 Å². The van der Waals surface area contributed by atoms with Crippen LogP contribution in [0.4, 0.5) is 0 Å². The Balaban J connectivity index is 1.42. The third-order valence-corrected chi connectivity index (χ3v) is 5.32. The molecule has 150 valence electrons. The molecule has 3 unspecified atom stereocenters. The molecule has 3 atom stereocenters. The van der Waals surface area contributed by atoms with E-state index in [4.69, 9.17) is 4.74 Å². The second kappa shape index (κ2) is 9.71. The number of rotatable bonds is 7.